The van der Waals surface area contributed by atoms with Crippen molar-refractivity contribution in [2.24, 2.45) is 0 Å². The Morgan fingerprint density at radius 2 is 2.07 bits per heavy atom. The lowest BCUT2D eigenvalue weighted by Crippen LogP contribution is -1.93. The van der Waals surface area contributed by atoms with Crippen molar-refractivity contribution in [1.29, 1.82) is 0 Å². The normalized spacial score (nSPS) is 11.7. The van der Waals surface area contributed by atoms with Gasteiger partial charge in [-0.3, -0.25) is 0 Å². The van der Waals surface area contributed by atoms with Crippen LogP contribution in [0.15, 0.2) is 60.9 Å². The summed E-state index contributed by atoms with van der Waals surface area (Å²) in [6.07, 6.45) is 7.40. The molecule has 0 heterocycles. The summed E-state index contributed by atoms with van der Waals surface area (Å²) in [7, 11) is 0. The van der Waals surface area contributed by atoms with E-state index < -0.39 is 0 Å². The van der Waals surface area contributed by atoms with Gasteiger partial charge in [0.25, 0.3) is 0 Å². The molecule has 0 radical (unpaired) electrons. The van der Waals surface area contributed by atoms with Crippen LogP contribution in [0.3, 0.4) is 0 Å². The van der Waals surface area contributed by atoms with Crippen molar-refractivity contribution in [2.75, 3.05) is 0 Å². The van der Waals surface area contributed by atoms with Gasteiger partial charge >= 0.3 is 0 Å². The molecule has 0 saturated carbocycles. The first kappa shape index (κ1) is 11.3. The topological polar surface area (TPSA) is 9.23 Å². The number of hydrogen-bond donors (Lipinski definition) is 0. The molecule has 15 heavy (non-hydrogen) atoms. The zero-order chi connectivity index (χ0) is 11.1. The summed E-state index contributed by atoms with van der Waals surface area (Å²) in [4.78, 5) is 0. The molecule has 0 bridgehead atoms. The van der Waals surface area contributed by atoms with Crippen molar-refractivity contribution in [3.05, 3.63) is 66.5 Å². The molecular weight excluding hydrogens is 184 g/mol. The van der Waals surface area contributed by atoms with Gasteiger partial charge in [-0.1, -0.05) is 36.9 Å². The van der Waals surface area contributed by atoms with Crippen LogP contribution in [-0.4, -0.2) is 0 Å². The molecule has 0 aliphatic rings. The highest BCUT2D eigenvalue weighted by atomic mass is 16.5. The average molecular weight is 200 g/mol. The van der Waals surface area contributed by atoms with E-state index in [1.807, 2.05) is 56.3 Å². The van der Waals surface area contributed by atoms with Crippen LogP contribution in [0, 0.1) is 6.92 Å². The molecule has 1 heteroatoms. The summed E-state index contributed by atoms with van der Waals surface area (Å²) in [5.41, 5.74) is 1.12. The summed E-state index contributed by atoms with van der Waals surface area (Å²) < 4.78 is 5.73. The Balaban J connectivity index is 2.88. The third-order valence-electron chi connectivity index (χ3n) is 1.93. The van der Waals surface area contributed by atoms with Crippen LogP contribution >= 0.6 is 0 Å². The van der Waals surface area contributed by atoms with E-state index in [1.165, 1.54) is 0 Å². The SMILES string of the molecule is C=C/C=C(\C=C/C)Oc1ccccc1C. The minimum absolute atomic E-state index is 0.793. The first-order valence-corrected chi connectivity index (χ1v) is 4.97. The molecule has 0 aromatic heterocycles. The van der Waals surface area contributed by atoms with Gasteiger partial charge in [-0.2, -0.15) is 0 Å². The van der Waals surface area contributed by atoms with Gasteiger partial charge in [-0.15, -0.1) is 0 Å². The monoisotopic (exact) mass is 200 g/mol. The van der Waals surface area contributed by atoms with Gasteiger partial charge in [0.2, 0.25) is 0 Å². The second-order valence-electron chi connectivity index (χ2n) is 3.17. The van der Waals surface area contributed by atoms with Crippen LogP contribution in [0.25, 0.3) is 0 Å². The smallest absolute Gasteiger partial charge is 0.130 e. The second kappa shape index (κ2) is 5.86. The Morgan fingerprint density at radius 1 is 1.33 bits per heavy atom. The van der Waals surface area contributed by atoms with Crippen molar-refractivity contribution in [2.45, 2.75) is 13.8 Å². The predicted molar refractivity (Wildman–Crippen MR) is 64.9 cm³/mol. The van der Waals surface area contributed by atoms with Crippen LogP contribution < -0.4 is 4.74 Å². The van der Waals surface area contributed by atoms with E-state index in [4.69, 9.17) is 4.74 Å². The van der Waals surface area contributed by atoms with Crippen LogP contribution in [-0.2, 0) is 0 Å². The molecule has 0 N–H and O–H groups in total. The number of allylic oxidation sites excluding steroid dienone is 4. The molecule has 0 aliphatic carbocycles. The number of benzene rings is 1. The Labute approximate surface area is 91.4 Å². The maximum absolute atomic E-state index is 5.73. The fraction of sp³-hybridized carbons (Fsp3) is 0.143. The molecule has 1 aromatic carbocycles. The number of ether oxygens (including phenoxy) is 1. The number of rotatable bonds is 4. The van der Waals surface area contributed by atoms with E-state index >= 15 is 0 Å². The molecule has 1 rings (SSSR count). The van der Waals surface area contributed by atoms with Gasteiger partial charge in [0.1, 0.15) is 11.5 Å². The van der Waals surface area contributed by atoms with Gasteiger partial charge < -0.3 is 4.74 Å². The molecule has 0 spiro atoms. The van der Waals surface area contributed by atoms with Gasteiger partial charge in [0, 0.05) is 0 Å². The fourth-order valence-electron chi connectivity index (χ4n) is 1.20. The zero-order valence-corrected chi connectivity index (χ0v) is 9.23. The predicted octanol–water partition coefficient (Wildman–Crippen LogP) is 4.02. The second-order valence-corrected chi connectivity index (χ2v) is 3.17. The number of para-hydroxylation sites is 1. The maximum Gasteiger partial charge on any atom is 0.130 e. The lowest BCUT2D eigenvalue weighted by molar-refractivity contribution is 0.441. The molecule has 0 saturated heterocycles. The molecule has 0 fully saturated rings. The Morgan fingerprint density at radius 3 is 2.67 bits per heavy atom. The Hall–Kier alpha value is -1.76. The molecule has 0 unspecified atom stereocenters. The quantitative estimate of drug-likeness (QED) is 0.527. The van der Waals surface area contributed by atoms with Crippen LogP contribution in [0.2, 0.25) is 0 Å². The van der Waals surface area contributed by atoms with E-state index in [0.717, 1.165) is 17.1 Å². The van der Waals surface area contributed by atoms with E-state index in [9.17, 15) is 0 Å². The van der Waals surface area contributed by atoms with Crippen molar-refractivity contribution >= 4 is 0 Å². The maximum atomic E-state index is 5.73. The van der Waals surface area contributed by atoms with Crippen molar-refractivity contribution in [1.82, 2.24) is 0 Å². The molecule has 1 nitrogen and oxygen atoms in total. The van der Waals surface area contributed by atoms with Gasteiger partial charge in [-0.05, 0) is 37.6 Å². The highest BCUT2D eigenvalue weighted by Gasteiger charge is 1.99. The highest BCUT2D eigenvalue weighted by Crippen LogP contribution is 2.19. The largest absolute Gasteiger partial charge is 0.457 e. The minimum atomic E-state index is 0.793. The Kier molecular flexibility index (Phi) is 4.42. The summed E-state index contributed by atoms with van der Waals surface area (Å²) in [6.45, 7) is 7.64. The molecule has 78 valence electrons. The van der Waals surface area contributed by atoms with Gasteiger partial charge in [-0.25, -0.2) is 0 Å². The van der Waals surface area contributed by atoms with E-state index in [-0.39, 0.29) is 0 Å². The summed E-state index contributed by atoms with van der Waals surface area (Å²) >= 11 is 0. The molecular formula is C14H16O. The van der Waals surface area contributed by atoms with Crippen LogP contribution in [0.1, 0.15) is 12.5 Å². The van der Waals surface area contributed by atoms with Crippen molar-refractivity contribution in [3.8, 4) is 5.75 Å². The molecule has 1 aromatic rings. The van der Waals surface area contributed by atoms with Crippen molar-refractivity contribution < 1.29 is 4.74 Å². The molecule has 0 aliphatic heterocycles. The lowest BCUT2D eigenvalue weighted by atomic mass is 10.2. The lowest BCUT2D eigenvalue weighted by Gasteiger charge is -2.08. The van der Waals surface area contributed by atoms with Gasteiger partial charge in [0.05, 0.1) is 0 Å². The number of aryl methyl sites for hydroxylation is 1. The first-order chi connectivity index (χ1) is 7.27. The van der Waals surface area contributed by atoms with Gasteiger partial charge in [0.15, 0.2) is 0 Å². The van der Waals surface area contributed by atoms with Crippen LogP contribution in [0.5, 0.6) is 5.75 Å². The number of hydrogen-bond acceptors (Lipinski definition) is 1. The van der Waals surface area contributed by atoms with Crippen molar-refractivity contribution in [3.63, 3.8) is 0 Å². The van der Waals surface area contributed by atoms with Crippen LogP contribution in [0.4, 0.5) is 0 Å². The molecule has 0 amide bonds. The van der Waals surface area contributed by atoms with E-state index in [0.29, 0.717) is 0 Å². The highest BCUT2D eigenvalue weighted by molar-refractivity contribution is 5.35. The summed E-state index contributed by atoms with van der Waals surface area (Å²) in [6, 6.07) is 7.94. The fourth-order valence-corrected chi connectivity index (χ4v) is 1.20. The molecule has 0 atom stereocenters. The summed E-state index contributed by atoms with van der Waals surface area (Å²) in [5, 5.41) is 0. The Bertz CT molecular complexity index is 386. The van der Waals surface area contributed by atoms with E-state index in [1.54, 1.807) is 6.08 Å². The first-order valence-electron chi connectivity index (χ1n) is 4.97. The average Bonchev–Trinajstić information content (AvgIpc) is 2.22. The standard InChI is InChI=1S/C14H16O/c1-4-8-13(9-5-2)15-14-11-7-6-10-12(14)3/h4-11H,1H2,2-3H3/b9-5-,13-8+. The third kappa shape index (κ3) is 3.47. The zero-order valence-electron chi connectivity index (χ0n) is 9.23. The third-order valence-corrected chi connectivity index (χ3v) is 1.93. The summed E-state index contributed by atoms with van der Waals surface area (Å²) in [5.74, 6) is 1.67. The minimum Gasteiger partial charge on any atom is -0.457 e. The van der Waals surface area contributed by atoms with E-state index in [2.05, 4.69) is 6.58 Å².